The molecule has 2 rings (SSSR count). The molecule has 104 valence electrons. The molecule has 2 heterocycles. The molecular formula is C13H20N4O2. The smallest absolute Gasteiger partial charge is 0.323 e. The molecule has 0 aliphatic carbocycles. The van der Waals surface area contributed by atoms with Crippen molar-refractivity contribution in [1.29, 1.82) is 0 Å². The van der Waals surface area contributed by atoms with Crippen LogP contribution in [0.4, 0.5) is 5.95 Å². The summed E-state index contributed by atoms with van der Waals surface area (Å²) >= 11 is 0. The summed E-state index contributed by atoms with van der Waals surface area (Å²) in [6, 6.07) is 0. The van der Waals surface area contributed by atoms with Crippen LogP contribution in [0, 0.1) is 0 Å². The van der Waals surface area contributed by atoms with Gasteiger partial charge in [0, 0.05) is 19.4 Å². The van der Waals surface area contributed by atoms with Gasteiger partial charge in [-0.05, 0) is 44.5 Å². The average molecular weight is 264 g/mol. The van der Waals surface area contributed by atoms with Crippen LogP contribution in [0.3, 0.4) is 0 Å². The van der Waals surface area contributed by atoms with Gasteiger partial charge in [0.05, 0.1) is 0 Å². The fraction of sp³-hybridized carbons (Fsp3) is 0.615. The monoisotopic (exact) mass is 264 g/mol. The highest BCUT2D eigenvalue weighted by Crippen LogP contribution is 2.26. The third-order valence-electron chi connectivity index (χ3n) is 3.56. The summed E-state index contributed by atoms with van der Waals surface area (Å²) in [5.74, 6) is 0.0969. The van der Waals surface area contributed by atoms with E-state index in [1.54, 1.807) is 7.05 Å². The maximum atomic E-state index is 10.6. The highest BCUT2D eigenvalue weighted by Gasteiger charge is 2.19. The number of aromatic nitrogens is 2. The Labute approximate surface area is 113 Å². The Morgan fingerprint density at radius 3 is 2.53 bits per heavy atom. The lowest BCUT2D eigenvalue weighted by Crippen LogP contribution is -2.29. The van der Waals surface area contributed by atoms with E-state index in [2.05, 4.69) is 21.9 Å². The lowest BCUT2D eigenvalue weighted by molar-refractivity contribution is -0.135. The van der Waals surface area contributed by atoms with Crippen molar-refractivity contribution in [2.24, 2.45) is 0 Å². The van der Waals surface area contributed by atoms with Gasteiger partial charge in [-0.3, -0.25) is 4.79 Å². The van der Waals surface area contributed by atoms with Crippen molar-refractivity contribution in [2.45, 2.75) is 18.8 Å². The lowest BCUT2D eigenvalue weighted by atomic mass is 9.92. The van der Waals surface area contributed by atoms with E-state index in [-0.39, 0.29) is 6.54 Å². The number of likely N-dealkylation sites (N-methyl/N-ethyl adjacent to an activating group) is 1. The molecule has 0 spiro atoms. The van der Waals surface area contributed by atoms with E-state index in [0.717, 1.165) is 31.5 Å². The van der Waals surface area contributed by atoms with Gasteiger partial charge in [-0.15, -0.1) is 0 Å². The third-order valence-corrected chi connectivity index (χ3v) is 3.56. The zero-order chi connectivity index (χ0) is 13.8. The molecule has 0 radical (unpaired) electrons. The minimum absolute atomic E-state index is 0.0897. The quantitative estimate of drug-likeness (QED) is 0.867. The summed E-state index contributed by atoms with van der Waals surface area (Å²) in [5, 5.41) is 8.73. The number of hydrogen-bond acceptors (Lipinski definition) is 5. The minimum atomic E-state index is -0.884. The maximum Gasteiger partial charge on any atom is 0.323 e. The van der Waals surface area contributed by atoms with Gasteiger partial charge in [0.25, 0.3) is 0 Å². The molecule has 6 heteroatoms. The van der Waals surface area contributed by atoms with Gasteiger partial charge in [0.1, 0.15) is 6.54 Å². The Morgan fingerprint density at radius 1 is 1.42 bits per heavy atom. The number of hydrogen-bond donors (Lipinski definition) is 1. The number of anilines is 1. The topological polar surface area (TPSA) is 69.6 Å². The van der Waals surface area contributed by atoms with Crippen LogP contribution in [-0.2, 0) is 4.79 Å². The number of rotatable bonds is 4. The van der Waals surface area contributed by atoms with Gasteiger partial charge in [-0.25, -0.2) is 9.97 Å². The molecule has 1 saturated heterocycles. The molecule has 1 aliphatic rings. The summed E-state index contributed by atoms with van der Waals surface area (Å²) in [6.07, 6.45) is 5.92. The molecule has 1 N–H and O–H groups in total. The van der Waals surface area contributed by atoms with Gasteiger partial charge in [-0.2, -0.15) is 0 Å². The Hall–Kier alpha value is -1.69. The van der Waals surface area contributed by atoms with Crippen LogP contribution in [0.5, 0.6) is 0 Å². The molecule has 0 aromatic carbocycles. The number of nitrogens with zero attached hydrogens (tertiary/aromatic N) is 4. The van der Waals surface area contributed by atoms with E-state index in [9.17, 15) is 4.79 Å². The largest absolute Gasteiger partial charge is 0.480 e. The Balaban J connectivity index is 2.00. The first-order valence-electron chi connectivity index (χ1n) is 6.49. The van der Waals surface area contributed by atoms with Crippen molar-refractivity contribution in [1.82, 2.24) is 14.9 Å². The van der Waals surface area contributed by atoms with Crippen molar-refractivity contribution in [3.05, 3.63) is 18.0 Å². The number of aliphatic carboxylic acids is 1. The molecular weight excluding hydrogens is 244 g/mol. The van der Waals surface area contributed by atoms with Gasteiger partial charge < -0.3 is 14.9 Å². The minimum Gasteiger partial charge on any atom is -0.480 e. The van der Waals surface area contributed by atoms with E-state index in [4.69, 9.17) is 5.11 Å². The second kappa shape index (κ2) is 5.97. The summed E-state index contributed by atoms with van der Waals surface area (Å²) < 4.78 is 0. The van der Waals surface area contributed by atoms with Gasteiger partial charge >= 0.3 is 5.97 Å². The highest BCUT2D eigenvalue weighted by molar-refractivity contribution is 5.72. The summed E-state index contributed by atoms with van der Waals surface area (Å²) in [4.78, 5) is 23.0. The molecule has 0 amide bonds. The first-order chi connectivity index (χ1) is 9.06. The van der Waals surface area contributed by atoms with Crippen molar-refractivity contribution < 1.29 is 9.90 Å². The van der Waals surface area contributed by atoms with Crippen LogP contribution in [0.2, 0.25) is 0 Å². The molecule has 0 bridgehead atoms. The maximum absolute atomic E-state index is 10.6. The van der Waals surface area contributed by atoms with Crippen LogP contribution in [0.15, 0.2) is 12.4 Å². The number of carbonyl (C=O) groups is 1. The second-order valence-electron chi connectivity index (χ2n) is 5.14. The van der Waals surface area contributed by atoms with Crippen LogP contribution < -0.4 is 4.90 Å². The fourth-order valence-electron chi connectivity index (χ4n) is 2.35. The average Bonchev–Trinajstić information content (AvgIpc) is 2.39. The van der Waals surface area contributed by atoms with E-state index in [1.165, 1.54) is 4.90 Å². The van der Waals surface area contributed by atoms with Gasteiger partial charge in [0.2, 0.25) is 5.95 Å². The van der Waals surface area contributed by atoms with E-state index in [1.807, 2.05) is 12.4 Å². The summed E-state index contributed by atoms with van der Waals surface area (Å²) in [6.45, 7) is 2.12. The normalized spacial score (nSPS) is 17.4. The van der Waals surface area contributed by atoms with E-state index >= 15 is 0 Å². The number of carboxylic acid groups (broad SMARTS) is 1. The van der Waals surface area contributed by atoms with E-state index in [0.29, 0.717) is 11.9 Å². The standard InChI is InChI=1S/C13H20N4O2/c1-16-5-3-10(4-6-16)11-7-14-13(15-8-11)17(2)9-12(18)19/h7-8,10H,3-6,9H2,1-2H3,(H,18,19). The zero-order valence-electron chi connectivity index (χ0n) is 11.4. The van der Waals surface area contributed by atoms with Crippen LogP contribution in [0.1, 0.15) is 24.3 Å². The number of carboxylic acids is 1. The van der Waals surface area contributed by atoms with Crippen molar-refractivity contribution >= 4 is 11.9 Å². The Bertz CT molecular complexity index is 427. The zero-order valence-corrected chi connectivity index (χ0v) is 11.4. The first-order valence-corrected chi connectivity index (χ1v) is 6.49. The molecule has 0 unspecified atom stereocenters. The molecule has 1 aliphatic heterocycles. The summed E-state index contributed by atoms with van der Waals surface area (Å²) in [5.41, 5.74) is 1.15. The number of piperidine rings is 1. The van der Waals surface area contributed by atoms with Crippen LogP contribution in [-0.4, -0.2) is 59.7 Å². The number of likely N-dealkylation sites (tertiary alicyclic amines) is 1. The predicted octanol–water partition coefficient (Wildman–Crippen LogP) is 0.807. The van der Waals surface area contributed by atoms with Crippen molar-refractivity contribution in [2.75, 3.05) is 38.6 Å². The SMILES string of the molecule is CN1CCC(c2cnc(N(C)CC(=O)O)nc2)CC1. The van der Waals surface area contributed by atoms with Crippen LogP contribution in [0.25, 0.3) is 0 Å². The van der Waals surface area contributed by atoms with Crippen molar-refractivity contribution in [3.63, 3.8) is 0 Å². The third kappa shape index (κ3) is 3.64. The molecule has 1 aromatic heterocycles. The van der Waals surface area contributed by atoms with Gasteiger partial charge in [-0.1, -0.05) is 0 Å². The Morgan fingerprint density at radius 2 is 2.00 bits per heavy atom. The molecule has 1 fully saturated rings. The molecule has 19 heavy (non-hydrogen) atoms. The van der Waals surface area contributed by atoms with Gasteiger partial charge in [0.15, 0.2) is 0 Å². The fourth-order valence-corrected chi connectivity index (χ4v) is 2.35. The Kier molecular flexibility index (Phi) is 4.31. The molecule has 1 aromatic rings. The lowest BCUT2D eigenvalue weighted by Gasteiger charge is -2.28. The second-order valence-corrected chi connectivity index (χ2v) is 5.14. The van der Waals surface area contributed by atoms with E-state index < -0.39 is 5.97 Å². The summed E-state index contributed by atoms with van der Waals surface area (Å²) in [7, 11) is 3.81. The first kappa shape index (κ1) is 13.7. The predicted molar refractivity (Wildman–Crippen MR) is 72.4 cm³/mol. The highest BCUT2D eigenvalue weighted by atomic mass is 16.4. The molecule has 0 saturated carbocycles. The molecule has 0 atom stereocenters. The van der Waals surface area contributed by atoms with Crippen molar-refractivity contribution in [3.8, 4) is 0 Å². The molecule has 6 nitrogen and oxygen atoms in total. The van der Waals surface area contributed by atoms with Crippen LogP contribution >= 0.6 is 0 Å².